The van der Waals surface area contributed by atoms with E-state index < -0.39 is 17.0 Å². The number of nitro groups is 1. The van der Waals surface area contributed by atoms with E-state index in [9.17, 15) is 14.9 Å². The number of aliphatic imine (C=N–C) groups is 1. The van der Waals surface area contributed by atoms with Crippen molar-refractivity contribution in [3.05, 3.63) is 10.1 Å². The summed E-state index contributed by atoms with van der Waals surface area (Å²) in [5, 5.41) is 18.9. The van der Waals surface area contributed by atoms with E-state index in [1.54, 1.807) is 0 Å². The van der Waals surface area contributed by atoms with Crippen LogP contribution in [0, 0.1) is 10.1 Å². The van der Waals surface area contributed by atoms with Gasteiger partial charge in [0.1, 0.15) is 0 Å². The molecule has 0 rings (SSSR count). The molecule has 0 aromatic rings. The number of nitrogens with two attached hydrogens (primary N) is 2. The van der Waals surface area contributed by atoms with Gasteiger partial charge in [-0.3, -0.25) is 4.99 Å². The number of carboxylic acid groups (broad SMARTS) is 1. The third-order valence-corrected chi connectivity index (χ3v) is 1.92. The zero-order valence-corrected chi connectivity index (χ0v) is 10.1. The number of hydrogen-bond acceptors (Lipinski definition) is 4. The number of halogens is 1. The molecule has 0 saturated carbocycles. The van der Waals surface area contributed by atoms with Crippen LogP contribution in [0.25, 0.3) is 0 Å². The van der Waals surface area contributed by atoms with Gasteiger partial charge in [0.05, 0.1) is 7.05 Å². The van der Waals surface area contributed by atoms with E-state index in [1.165, 1.54) is 0 Å². The van der Waals surface area contributed by atoms with E-state index >= 15 is 0 Å². The summed E-state index contributed by atoms with van der Waals surface area (Å²) in [6.07, 6.45) is 0.455. The molecule has 9 nitrogen and oxygen atoms in total. The topological polar surface area (TPSA) is 148 Å². The minimum absolute atomic E-state index is 0. The van der Waals surface area contributed by atoms with Crippen LogP contribution < -0.4 is 11.5 Å². The average molecular weight is 270 g/mol. The maximum atomic E-state index is 10.7. The molecule has 17 heavy (non-hydrogen) atoms. The zero-order valence-electron chi connectivity index (χ0n) is 9.28. The van der Waals surface area contributed by atoms with Crippen LogP contribution in [0.15, 0.2) is 4.99 Å². The zero-order chi connectivity index (χ0) is 12.7. The quantitative estimate of drug-likeness (QED) is 0.177. The number of rotatable bonds is 7. The minimum atomic E-state index is -1.25. The van der Waals surface area contributed by atoms with E-state index in [1.807, 2.05) is 0 Å². The Balaban J connectivity index is 0. The van der Waals surface area contributed by atoms with Gasteiger partial charge < -0.3 is 16.6 Å². The second kappa shape index (κ2) is 8.39. The van der Waals surface area contributed by atoms with Gasteiger partial charge in [0.25, 0.3) is 0 Å². The van der Waals surface area contributed by atoms with Crippen LogP contribution in [0.1, 0.15) is 12.8 Å². The lowest BCUT2D eigenvalue weighted by Gasteiger charge is -2.16. The van der Waals surface area contributed by atoms with Gasteiger partial charge in [-0.25, -0.2) is 14.9 Å². The van der Waals surface area contributed by atoms with Crippen molar-refractivity contribution in [3.8, 4) is 0 Å². The van der Waals surface area contributed by atoms with Crippen molar-refractivity contribution in [1.82, 2.24) is 5.01 Å². The molecule has 0 unspecified atom stereocenters. The number of aliphatic carboxylic acids is 1. The highest BCUT2D eigenvalue weighted by molar-refractivity contribution is 5.85. The molecular weight excluding hydrogens is 254 g/mol. The summed E-state index contributed by atoms with van der Waals surface area (Å²) >= 11 is 0. The van der Waals surface area contributed by atoms with Crippen molar-refractivity contribution in [3.63, 3.8) is 0 Å². The number of hydrogen-bond donors (Lipinski definition) is 3. The van der Waals surface area contributed by atoms with Gasteiger partial charge >= 0.3 is 5.97 Å². The first-order valence-corrected chi connectivity index (χ1v) is 4.51. The largest absolute Gasteiger partial charge is 0.480 e. The van der Waals surface area contributed by atoms with Crippen LogP contribution in [0.4, 0.5) is 0 Å². The van der Waals surface area contributed by atoms with Crippen LogP contribution in [0.3, 0.4) is 0 Å². The summed E-state index contributed by atoms with van der Waals surface area (Å²) in [4.78, 5) is 24.8. The number of guanidine groups is 1. The van der Waals surface area contributed by atoms with Gasteiger partial charge in [0.2, 0.25) is 0 Å². The van der Waals surface area contributed by atoms with Gasteiger partial charge in [-0.15, -0.1) is 17.4 Å². The van der Waals surface area contributed by atoms with E-state index in [0.717, 1.165) is 7.05 Å². The Hall–Kier alpha value is -1.77. The summed E-state index contributed by atoms with van der Waals surface area (Å²) in [6, 6.07) is -1.18. The monoisotopic (exact) mass is 269 g/mol. The number of hydrazine groups is 1. The maximum Gasteiger partial charge on any atom is 0.332 e. The van der Waals surface area contributed by atoms with Gasteiger partial charge in [0.15, 0.2) is 17.0 Å². The molecule has 0 bridgehead atoms. The molecule has 0 amide bonds. The summed E-state index contributed by atoms with van der Waals surface area (Å²) in [6.45, 7) is 0.248. The molecule has 10 heteroatoms. The number of carbonyl (C=O) groups is 1. The van der Waals surface area contributed by atoms with Crippen molar-refractivity contribution in [2.45, 2.75) is 18.9 Å². The van der Waals surface area contributed by atoms with Gasteiger partial charge in [-0.2, -0.15) is 0 Å². The van der Waals surface area contributed by atoms with Crippen LogP contribution in [0.2, 0.25) is 0 Å². The maximum absolute atomic E-state index is 10.7. The Morgan fingerprint density at radius 1 is 1.59 bits per heavy atom. The first-order valence-electron chi connectivity index (χ1n) is 4.51. The highest BCUT2D eigenvalue weighted by atomic mass is 35.5. The lowest BCUT2D eigenvalue weighted by atomic mass is 10.1. The molecule has 0 radical (unpaired) electrons. The van der Waals surface area contributed by atoms with E-state index in [4.69, 9.17) is 16.6 Å². The molecule has 0 aliphatic carbocycles. The smallest absolute Gasteiger partial charge is 0.332 e. The van der Waals surface area contributed by atoms with E-state index in [0.29, 0.717) is 11.4 Å². The average Bonchev–Trinajstić information content (AvgIpc) is 2.15. The van der Waals surface area contributed by atoms with E-state index in [-0.39, 0.29) is 31.3 Å². The molecule has 1 atom stereocenters. The van der Waals surface area contributed by atoms with Crippen molar-refractivity contribution < 1.29 is 14.9 Å². The minimum Gasteiger partial charge on any atom is -0.480 e. The van der Waals surface area contributed by atoms with E-state index in [2.05, 4.69) is 4.99 Å². The Morgan fingerprint density at radius 2 is 2.12 bits per heavy atom. The summed E-state index contributed by atoms with van der Waals surface area (Å²) in [7, 11) is 1.11. The SMILES string of the molecule is CN([C@@H](CCCN=C(N)N)C(=O)O)[N+](=O)[O-].Cl. The standard InChI is InChI=1S/C7H15N5O4.ClH/c1-11(12(15)16)5(6(13)14)3-2-4-10-7(8)9;/h5H,2-4H2,1H3,(H,13,14)(H4,8,9,10);1H/t5-;/m0./s1. The Morgan fingerprint density at radius 3 is 2.47 bits per heavy atom. The van der Waals surface area contributed by atoms with Gasteiger partial charge in [0, 0.05) is 6.54 Å². The third kappa shape index (κ3) is 7.17. The molecule has 0 saturated heterocycles. The highest BCUT2D eigenvalue weighted by Crippen LogP contribution is 2.05. The molecule has 0 heterocycles. The third-order valence-electron chi connectivity index (χ3n) is 1.92. The molecule has 5 N–H and O–H groups in total. The fourth-order valence-corrected chi connectivity index (χ4v) is 1.08. The predicted octanol–water partition coefficient (Wildman–Crippen LogP) is -0.961. The number of likely N-dealkylation sites (N-methyl/N-ethyl adjacent to an activating group) is 1. The molecule has 0 aliphatic rings. The molecule has 0 aliphatic heterocycles. The van der Waals surface area contributed by atoms with Crippen molar-refractivity contribution in [2.75, 3.05) is 13.6 Å². The molecule has 0 aromatic carbocycles. The molecule has 0 fully saturated rings. The summed E-state index contributed by atoms with van der Waals surface area (Å²) in [5.74, 6) is -1.33. The number of nitrogens with zero attached hydrogens (tertiary/aromatic N) is 3. The number of carboxylic acids is 1. The molecule has 100 valence electrons. The Bertz CT molecular complexity index is 294. The van der Waals surface area contributed by atoms with Crippen LogP contribution in [-0.4, -0.2) is 46.7 Å². The van der Waals surface area contributed by atoms with Crippen molar-refractivity contribution in [1.29, 1.82) is 0 Å². The van der Waals surface area contributed by atoms with Crippen LogP contribution in [-0.2, 0) is 4.79 Å². The first kappa shape index (κ1) is 17.6. The molecule has 0 aromatic heterocycles. The first-order chi connectivity index (χ1) is 7.36. The predicted molar refractivity (Wildman–Crippen MR) is 63.3 cm³/mol. The summed E-state index contributed by atoms with van der Waals surface area (Å²) in [5.41, 5.74) is 10.1. The van der Waals surface area contributed by atoms with Crippen LogP contribution >= 0.6 is 12.4 Å². The summed E-state index contributed by atoms with van der Waals surface area (Å²) < 4.78 is 0. The molecular formula is C7H16ClN5O4. The molecule has 0 spiro atoms. The van der Waals surface area contributed by atoms with Crippen molar-refractivity contribution >= 4 is 24.3 Å². The van der Waals surface area contributed by atoms with Gasteiger partial charge in [-0.05, 0) is 12.8 Å². The normalized spacial score (nSPS) is 10.9. The fourth-order valence-electron chi connectivity index (χ4n) is 1.08. The second-order valence-corrected chi connectivity index (χ2v) is 3.11. The second-order valence-electron chi connectivity index (χ2n) is 3.11. The van der Waals surface area contributed by atoms with Crippen molar-refractivity contribution in [2.24, 2.45) is 16.5 Å². The lowest BCUT2D eigenvalue weighted by Crippen LogP contribution is -2.42. The Kier molecular flexibility index (Phi) is 8.70. The highest BCUT2D eigenvalue weighted by Gasteiger charge is 2.28. The Labute approximate surface area is 104 Å². The fraction of sp³-hybridized carbons (Fsp3) is 0.714. The lowest BCUT2D eigenvalue weighted by molar-refractivity contribution is -0.654. The van der Waals surface area contributed by atoms with Gasteiger partial charge in [-0.1, -0.05) is 0 Å². The van der Waals surface area contributed by atoms with Crippen LogP contribution in [0.5, 0.6) is 0 Å².